The highest BCUT2D eigenvalue weighted by molar-refractivity contribution is 6.04. The van der Waals surface area contributed by atoms with Crippen molar-refractivity contribution in [2.24, 2.45) is 0 Å². The number of nitrogens with zero attached hydrogens (tertiary/aromatic N) is 3. The van der Waals surface area contributed by atoms with E-state index in [-0.39, 0.29) is 12.7 Å². The van der Waals surface area contributed by atoms with E-state index in [4.69, 9.17) is 14.2 Å². The number of fused-ring (bicyclic) bond motifs is 2. The van der Waals surface area contributed by atoms with E-state index in [1.165, 1.54) is 0 Å². The maximum Gasteiger partial charge on any atom is 0.258 e. The molecule has 1 N–H and O–H groups in total. The molecule has 0 aliphatic carbocycles. The van der Waals surface area contributed by atoms with Crippen molar-refractivity contribution < 1.29 is 19.0 Å². The fourth-order valence-electron chi connectivity index (χ4n) is 3.67. The molecule has 1 fully saturated rings. The first-order valence-electron chi connectivity index (χ1n) is 9.74. The first-order valence-corrected chi connectivity index (χ1v) is 9.74. The summed E-state index contributed by atoms with van der Waals surface area (Å²) in [5, 5.41) is 2.97. The maximum absolute atomic E-state index is 12.9. The predicted octanol–water partition coefficient (Wildman–Crippen LogP) is 2.35. The average molecular weight is 394 g/mol. The summed E-state index contributed by atoms with van der Waals surface area (Å²) >= 11 is 0. The van der Waals surface area contributed by atoms with Gasteiger partial charge in [-0.15, -0.1) is 0 Å². The van der Waals surface area contributed by atoms with Crippen molar-refractivity contribution in [3.63, 3.8) is 0 Å². The normalized spacial score (nSPS) is 16.3. The zero-order chi connectivity index (χ0) is 19.6. The standard InChI is InChI=1S/C21H22N4O4/c26-20(15-5-6-18-19(13-15)29-14-28-18)23-21-22-16-3-1-2-4-17(16)25(21)8-7-24-9-11-27-12-10-24/h1-6,13H,7-12,14H2,(H,22,23,26). The fraction of sp³-hybridized carbons (Fsp3) is 0.333. The molecule has 2 aromatic carbocycles. The van der Waals surface area contributed by atoms with E-state index in [0.717, 1.165) is 50.4 Å². The third kappa shape index (κ3) is 3.64. The number of benzene rings is 2. The molecule has 0 spiro atoms. The van der Waals surface area contributed by atoms with Crippen molar-refractivity contribution in [2.45, 2.75) is 6.54 Å². The lowest BCUT2D eigenvalue weighted by atomic mass is 10.2. The van der Waals surface area contributed by atoms with Gasteiger partial charge in [0, 0.05) is 31.7 Å². The number of para-hydroxylation sites is 2. The number of rotatable bonds is 5. The van der Waals surface area contributed by atoms with E-state index < -0.39 is 0 Å². The van der Waals surface area contributed by atoms with Gasteiger partial charge in [-0.3, -0.25) is 15.0 Å². The molecule has 150 valence electrons. The minimum absolute atomic E-state index is 0.178. The van der Waals surface area contributed by atoms with Crippen molar-refractivity contribution >= 4 is 22.9 Å². The number of aromatic nitrogens is 2. The van der Waals surface area contributed by atoms with Gasteiger partial charge in [0.05, 0.1) is 24.2 Å². The van der Waals surface area contributed by atoms with Crippen molar-refractivity contribution in [3.05, 3.63) is 48.0 Å². The minimum Gasteiger partial charge on any atom is -0.454 e. The van der Waals surface area contributed by atoms with Gasteiger partial charge in [-0.2, -0.15) is 0 Å². The number of amides is 1. The van der Waals surface area contributed by atoms with Crippen LogP contribution in [-0.4, -0.2) is 60.0 Å². The van der Waals surface area contributed by atoms with Gasteiger partial charge in [0.1, 0.15) is 0 Å². The third-order valence-electron chi connectivity index (χ3n) is 5.26. The van der Waals surface area contributed by atoms with E-state index >= 15 is 0 Å². The topological polar surface area (TPSA) is 77.9 Å². The largest absolute Gasteiger partial charge is 0.454 e. The zero-order valence-electron chi connectivity index (χ0n) is 16.0. The van der Waals surface area contributed by atoms with Gasteiger partial charge in [-0.05, 0) is 30.3 Å². The first-order chi connectivity index (χ1) is 14.3. The third-order valence-corrected chi connectivity index (χ3v) is 5.26. The Balaban J connectivity index is 1.39. The lowest BCUT2D eigenvalue weighted by Crippen LogP contribution is -2.38. The van der Waals surface area contributed by atoms with Crippen LogP contribution in [0.1, 0.15) is 10.4 Å². The Kier molecular flexibility index (Phi) is 4.79. The summed E-state index contributed by atoms with van der Waals surface area (Å²) in [6.45, 7) is 5.15. The van der Waals surface area contributed by atoms with E-state index in [0.29, 0.717) is 23.0 Å². The summed E-state index contributed by atoms with van der Waals surface area (Å²) in [4.78, 5) is 19.9. The van der Waals surface area contributed by atoms with Crippen LogP contribution >= 0.6 is 0 Å². The van der Waals surface area contributed by atoms with Gasteiger partial charge in [0.15, 0.2) is 11.5 Å². The van der Waals surface area contributed by atoms with Crippen molar-refractivity contribution in [3.8, 4) is 11.5 Å². The Hall–Kier alpha value is -3.10. The summed E-state index contributed by atoms with van der Waals surface area (Å²) in [6.07, 6.45) is 0. The van der Waals surface area contributed by atoms with Crippen LogP contribution in [0.15, 0.2) is 42.5 Å². The van der Waals surface area contributed by atoms with E-state index in [2.05, 4.69) is 19.8 Å². The number of anilines is 1. The molecule has 8 heteroatoms. The number of hydrogen-bond donors (Lipinski definition) is 1. The highest BCUT2D eigenvalue weighted by Gasteiger charge is 2.19. The number of hydrogen-bond acceptors (Lipinski definition) is 6. The average Bonchev–Trinajstić information content (AvgIpc) is 3.36. The number of morpholine rings is 1. The van der Waals surface area contributed by atoms with Crippen LogP contribution in [0.3, 0.4) is 0 Å². The predicted molar refractivity (Wildman–Crippen MR) is 108 cm³/mol. The van der Waals surface area contributed by atoms with E-state index in [1.807, 2.05) is 24.3 Å². The van der Waals surface area contributed by atoms with Crippen LogP contribution in [-0.2, 0) is 11.3 Å². The Morgan fingerprint density at radius 3 is 2.76 bits per heavy atom. The fourth-order valence-corrected chi connectivity index (χ4v) is 3.67. The summed E-state index contributed by atoms with van der Waals surface area (Å²) in [7, 11) is 0. The van der Waals surface area contributed by atoms with Crippen LogP contribution in [0.4, 0.5) is 5.95 Å². The smallest absolute Gasteiger partial charge is 0.258 e. The molecule has 0 unspecified atom stereocenters. The van der Waals surface area contributed by atoms with Gasteiger partial charge < -0.3 is 18.8 Å². The molecule has 0 bridgehead atoms. The Morgan fingerprint density at radius 2 is 1.86 bits per heavy atom. The summed E-state index contributed by atoms with van der Waals surface area (Å²) < 4.78 is 18.2. The molecule has 3 heterocycles. The molecular formula is C21H22N4O4. The molecule has 1 saturated heterocycles. The Bertz CT molecular complexity index is 1040. The van der Waals surface area contributed by atoms with Crippen LogP contribution in [0.5, 0.6) is 11.5 Å². The molecule has 2 aliphatic rings. The van der Waals surface area contributed by atoms with Crippen LogP contribution in [0, 0.1) is 0 Å². The highest BCUT2D eigenvalue weighted by Crippen LogP contribution is 2.32. The number of nitrogens with one attached hydrogen (secondary N) is 1. The number of ether oxygens (including phenoxy) is 3. The summed E-state index contributed by atoms with van der Waals surface area (Å²) in [5.41, 5.74) is 2.36. The van der Waals surface area contributed by atoms with Crippen molar-refractivity contribution in [2.75, 3.05) is 45.0 Å². The number of carbonyl (C=O) groups is 1. The minimum atomic E-state index is -0.230. The highest BCUT2D eigenvalue weighted by atomic mass is 16.7. The van der Waals surface area contributed by atoms with Gasteiger partial charge in [0.2, 0.25) is 12.7 Å². The van der Waals surface area contributed by atoms with Crippen molar-refractivity contribution in [1.29, 1.82) is 0 Å². The number of carbonyl (C=O) groups excluding carboxylic acids is 1. The van der Waals surface area contributed by atoms with E-state index in [1.54, 1.807) is 18.2 Å². The SMILES string of the molecule is O=C(Nc1nc2ccccc2n1CCN1CCOCC1)c1ccc2c(c1)OCO2. The van der Waals surface area contributed by atoms with Crippen LogP contribution in [0.2, 0.25) is 0 Å². The maximum atomic E-state index is 12.9. The van der Waals surface area contributed by atoms with E-state index in [9.17, 15) is 4.79 Å². The Morgan fingerprint density at radius 1 is 1.03 bits per heavy atom. The first kappa shape index (κ1) is 18.0. The Labute approximate surface area is 168 Å². The lowest BCUT2D eigenvalue weighted by Gasteiger charge is -2.26. The van der Waals surface area contributed by atoms with Crippen LogP contribution < -0.4 is 14.8 Å². The molecule has 0 saturated carbocycles. The molecule has 0 atom stereocenters. The molecule has 5 rings (SSSR count). The summed E-state index contributed by atoms with van der Waals surface area (Å²) in [6, 6.07) is 13.1. The molecule has 3 aromatic rings. The molecule has 1 amide bonds. The van der Waals surface area contributed by atoms with Gasteiger partial charge in [0.25, 0.3) is 5.91 Å². The van der Waals surface area contributed by atoms with Crippen LogP contribution in [0.25, 0.3) is 11.0 Å². The molecule has 1 aromatic heterocycles. The second-order valence-electron chi connectivity index (χ2n) is 7.05. The zero-order valence-corrected chi connectivity index (χ0v) is 16.0. The number of imidazole rings is 1. The molecule has 0 radical (unpaired) electrons. The van der Waals surface area contributed by atoms with Crippen molar-refractivity contribution in [1.82, 2.24) is 14.5 Å². The molecule has 8 nitrogen and oxygen atoms in total. The van der Waals surface area contributed by atoms with Gasteiger partial charge in [-0.1, -0.05) is 12.1 Å². The second-order valence-corrected chi connectivity index (χ2v) is 7.05. The molecule has 29 heavy (non-hydrogen) atoms. The monoisotopic (exact) mass is 394 g/mol. The van der Waals surface area contributed by atoms with Gasteiger partial charge >= 0.3 is 0 Å². The summed E-state index contributed by atoms with van der Waals surface area (Å²) in [5.74, 6) is 1.55. The second kappa shape index (κ2) is 7.73. The lowest BCUT2D eigenvalue weighted by molar-refractivity contribution is 0.0366. The molecular weight excluding hydrogens is 372 g/mol. The quantitative estimate of drug-likeness (QED) is 0.716. The molecule has 2 aliphatic heterocycles. The van der Waals surface area contributed by atoms with Gasteiger partial charge in [-0.25, -0.2) is 4.98 Å².